The predicted octanol–water partition coefficient (Wildman–Crippen LogP) is 5.07. The first-order chi connectivity index (χ1) is 14.6. The van der Waals surface area contributed by atoms with Crippen molar-refractivity contribution in [3.63, 3.8) is 0 Å². The molecule has 2 aromatic carbocycles. The van der Waals surface area contributed by atoms with E-state index < -0.39 is 0 Å². The van der Waals surface area contributed by atoms with Crippen molar-refractivity contribution in [2.45, 2.75) is 24.3 Å². The maximum Gasteiger partial charge on any atom is 0.241 e. The van der Waals surface area contributed by atoms with Crippen molar-refractivity contribution in [3.8, 4) is 11.4 Å². The third kappa shape index (κ3) is 5.30. The Kier molecular flexibility index (Phi) is 6.86. The Bertz CT molecular complexity index is 1010. The van der Waals surface area contributed by atoms with Gasteiger partial charge in [-0.25, -0.2) is 0 Å². The van der Waals surface area contributed by atoms with E-state index in [0.29, 0.717) is 24.8 Å². The second-order valence-electron chi connectivity index (χ2n) is 7.31. The number of piperidine rings is 1. The van der Waals surface area contributed by atoms with Gasteiger partial charge in [-0.1, -0.05) is 27.2 Å². The van der Waals surface area contributed by atoms with Crippen LogP contribution >= 0.6 is 27.7 Å². The van der Waals surface area contributed by atoms with Crippen molar-refractivity contribution in [3.05, 3.63) is 58.9 Å². The number of hydrogen-bond acceptors (Lipinski definition) is 6. The van der Waals surface area contributed by atoms with Gasteiger partial charge in [0.2, 0.25) is 17.6 Å². The quantitative estimate of drug-likeness (QED) is 0.490. The van der Waals surface area contributed by atoms with E-state index in [2.05, 4.69) is 36.3 Å². The molecule has 6 nitrogen and oxygen atoms in total. The molecule has 156 valence electrons. The number of rotatable bonds is 6. The minimum Gasteiger partial charge on any atom is -0.338 e. The number of likely N-dealkylation sites (tertiary alicyclic amines) is 1. The van der Waals surface area contributed by atoms with Crippen LogP contribution in [0.4, 0.5) is 5.69 Å². The summed E-state index contributed by atoms with van der Waals surface area (Å²) >= 11 is 5.09. The summed E-state index contributed by atoms with van der Waals surface area (Å²) in [4.78, 5) is 20.7. The zero-order valence-electron chi connectivity index (χ0n) is 16.7. The summed E-state index contributed by atoms with van der Waals surface area (Å²) in [5.41, 5.74) is 1.76. The van der Waals surface area contributed by atoms with Gasteiger partial charge in [-0.05, 0) is 68.1 Å². The van der Waals surface area contributed by atoms with E-state index in [-0.39, 0.29) is 11.8 Å². The van der Waals surface area contributed by atoms with E-state index in [1.54, 1.807) is 11.8 Å². The van der Waals surface area contributed by atoms with Gasteiger partial charge < -0.3 is 9.84 Å². The Morgan fingerprint density at radius 2 is 2.13 bits per heavy atom. The van der Waals surface area contributed by atoms with Crippen molar-refractivity contribution < 1.29 is 9.32 Å². The van der Waals surface area contributed by atoms with Gasteiger partial charge in [0.05, 0.1) is 12.5 Å². The van der Waals surface area contributed by atoms with Crippen LogP contribution in [0.2, 0.25) is 0 Å². The molecular weight excluding hydrogens is 464 g/mol. The zero-order chi connectivity index (χ0) is 20.9. The summed E-state index contributed by atoms with van der Waals surface area (Å²) in [6.45, 7) is 2.15. The number of benzene rings is 2. The summed E-state index contributed by atoms with van der Waals surface area (Å²) in [7, 11) is 0. The molecule has 1 atom stereocenters. The molecule has 0 radical (unpaired) electrons. The molecule has 0 saturated carbocycles. The highest BCUT2D eigenvalue weighted by Crippen LogP contribution is 2.24. The van der Waals surface area contributed by atoms with E-state index in [4.69, 9.17) is 4.52 Å². The zero-order valence-corrected chi connectivity index (χ0v) is 19.1. The van der Waals surface area contributed by atoms with Gasteiger partial charge >= 0.3 is 0 Å². The van der Waals surface area contributed by atoms with Crippen LogP contribution < -0.4 is 5.32 Å². The van der Waals surface area contributed by atoms with Gasteiger partial charge in [0.1, 0.15) is 0 Å². The summed E-state index contributed by atoms with van der Waals surface area (Å²) < 4.78 is 6.46. The number of hydrogen-bond donors (Lipinski definition) is 1. The molecule has 1 N–H and O–H groups in total. The van der Waals surface area contributed by atoms with Crippen LogP contribution in [0, 0.1) is 5.92 Å². The Morgan fingerprint density at radius 1 is 1.30 bits per heavy atom. The van der Waals surface area contributed by atoms with Crippen LogP contribution in [0.5, 0.6) is 0 Å². The standard InChI is InChI=1S/C22H23BrN4O2S/c1-30-19-6-2-5-18(12-19)24-22(28)16-4-3-11-27(13-16)14-20-25-21(26-29-20)15-7-9-17(23)10-8-15/h2,5-10,12,16H,3-4,11,13-14H2,1H3,(H,24,28). The number of nitrogens with one attached hydrogen (secondary N) is 1. The molecular formula is C22H23BrN4O2S. The van der Waals surface area contributed by atoms with E-state index in [1.165, 1.54) is 0 Å². The Labute approximate surface area is 188 Å². The van der Waals surface area contributed by atoms with Crippen LogP contribution in [0.1, 0.15) is 18.7 Å². The highest BCUT2D eigenvalue weighted by Gasteiger charge is 2.27. The molecule has 3 aromatic rings. The van der Waals surface area contributed by atoms with Crippen molar-refractivity contribution >= 4 is 39.3 Å². The number of thioether (sulfide) groups is 1. The first-order valence-corrected chi connectivity index (χ1v) is 11.9. The van der Waals surface area contributed by atoms with E-state index in [1.807, 2.05) is 54.8 Å². The molecule has 1 fully saturated rings. The summed E-state index contributed by atoms with van der Waals surface area (Å²) in [5.74, 6) is 1.17. The predicted molar refractivity (Wildman–Crippen MR) is 122 cm³/mol. The Morgan fingerprint density at radius 3 is 2.93 bits per heavy atom. The fourth-order valence-corrected chi connectivity index (χ4v) is 4.31. The van der Waals surface area contributed by atoms with Gasteiger partial charge in [-0.3, -0.25) is 9.69 Å². The van der Waals surface area contributed by atoms with Crippen molar-refractivity contribution in [1.82, 2.24) is 15.0 Å². The molecule has 1 saturated heterocycles. The van der Waals surface area contributed by atoms with Crippen LogP contribution in [0.15, 0.2) is 62.4 Å². The number of anilines is 1. The number of nitrogens with zero attached hydrogens (tertiary/aromatic N) is 3. The molecule has 0 aliphatic carbocycles. The van der Waals surface area contributed by atoms with Gasteiger partial charge in [0, 0.05) is 27.2 Å². The molecule has 2 heterocycles. The SMILES string of the molecule is CSc1cccc(NC(=O)C2CCCN(Cc3nc(-c4ccc(Br)cc4)no3)C2)c1. The van der Waals surface area contributed by atoms with Crippen molar-refractivity contribution in [2.24, 2.45) is 5.92 Å². The monoisotopic (exact) mass is 486 g/mol. The van der Waals surface area contributed by atoms with Crippen LogP contribution in [0.3, 0.4) is 0 Å². The Hall–Kier alpha value is -2.16. The minimum atomic E-state index is -0.0504. The highest BCUT2D eigenvalue weighted by molar-refractivity contribution is 9.10. The van der Waals surface area contributed by atoms with E-state index in [0.717, 1.165) is 40.0 Å². The van der Waals surface area contributed by atoms with Crippen LogP contribution in [-0.2, 0) is 11.3 Å². The first-order valence-electron chi connectivity index (χ1n) is 9.86. The van der Waals surface area contributed by atoms with Crippen molar-refractivity contribution in [2.75, 3.05) is 24.7 Å². The Balaban J connectivity index is 1.36. The molecule has 1 amide bonds. The fraction of sp³-hybridized carbons (Fsp3) is 0.318. The number of aromatic nitrogens is 2. The lowest BCUT2D eigenvalue weighted by Crippen LogP contribution is -2.40. The summed E-state index contributed by atoms with van der Waals surface area (Å²) in [6.07, 6.45) is 3.88. The van der Waals surface area contributed by atoms with Crippen LogP contribution in [-0.4, -0.2) is 40.3 Å². The van der Waals surface area contributed by atoms with Gasteiger partial charge in [-0.2, -0.15) is 4.98 Å². The summed E-state index contributed by atoms with van der Waals surface area (Å²) in [5, 5.41) is 7.17. The maximum absolute atomic E-state index is 12.8. The van der Waals surface area contributed by atoms with Crippen LogP contribution in [0.25, 0.3) is 11.4 Å². The third-order valence-corrected chi connectivity index (χ3v) is 6.40. The van der Waals surface area contributed by atoms with Gasteiger partial charge in [0.15, 0.2) is 0 Å². The van der Waals surface area contributed by atoms with Crippen molar-refractivity contribution in [1.29, 1.82) is 0 Å². The molecule has 1 aliphatic heterocycles. The molecule has 30 heavy (non-hydrogen) atoms. The second kappa shape index (κ2) is 9.76. The second-order valence-corrected chi connectivity index (χ2v) is 9.11. The minimum absolute atomic E-state index is 0.0504. The molecule has 0 spiro atoms. The highest BCUT2D eigenvalue weighted by atomic mass is 79.9. The smallest absolute Gasteiger partial charge is 0.241 e. The molecule has 0 bridgehead atoms. The normalized spacial score (nSPS) is 17.1. The number of carbonyl (C=O) groups excluding carboxylic acids is 1. The first kappa shape index (κ1) is 21.1. The lowest BCUT2D eigenvalue weighted by molar-refractivity contribution is -0.121. The number of amides is 1. The van der Waals surface area contributed by atoms with Gasteiger partial charge in [0.25, 0.3) is 0 Å². The summed E-state index contributed by atoms with van der Waals surface area (Å²) in [6, 6.07) is 15.7. The van der Waals surface area contributed by atoms with Gasteiger partial charge in [-0.15, -0.1) is 11.8 Å². The average molecular weight is 487 g/mol. The molecule has 4 rings (SSSR count). The fourth-order valence-electron chi connectivity index (χ4n) is 3.58. The maximum atomic E-state index is 12.8. The van der Waals surface area contributed by atoms with E-state index in [9.17, 15) is 4.79 Å². The average Bonchev–Trinajstić information content (AvgIpc) is 3.23. The molecule has 1 aromatic heterocycles. The van der Waals surface area contributed by atoms with E-state index >= 15 is 0 Å². The molecule has 1 aliphatic rings. The number of halogens is 1. The largest absolute Gasteiger partial charge is 0.338 e. The topological polar surface area (TPSA) is 71.3 Å². The third-order valence-electron chi connectivity index (χ3n) is 5.14. The molecule has 1 unspecified atom stereocenters. The lowest BCUT2D eigenvalue weighted by Gasteiger charge is -2.30. The molecule has 8 heteroatoms. The lowest BCUT2D eigenvalue weighted by atomic mass is 9.97. The number of carbonyl (C=O) groups is 1.